The average Bonchev–Trinajstić information content (AvgIpc) is 2.67. The zero-order chi connectivity index (χ0) is 10.4. The fourth-order valence-corrected chi connectivity index (χ4v) is 1.08. The van der Waals surface area contributed by atoms with Gasteiger partial charge in [0.1, 0.15) is 5.76 Å². The van der Waals surface area contributed by atoms with E-state index in [4.69, 9.17) is 9.68 Å². The second-order valence-corrected chi connectivity index (χ2v) is 3.04. The summed E-state index contributed by atoms with van der Waals surface area (Å²) in [6.45, 7) is 4.50. The van der Waals surface area contributed by atoms with Gasteiger partial charge in [-0.2, -0.15) is 5.26 Å². The molecule has 0 saturated carbocycles. The maximum Gasteiger partial charge on any atom is 0.208 e. The van der Waals surface area contributed by atoms with Crippen LogP contribution in [0.5, 0.6) is 0 Å². The van der Waals surface area contributed by atoms with Crippen molar-refractivity contribution in [2.24, 2.45) is 0 Å². The van der Waals surface area contributed by atoms with Crippen molar-refractivity contribution in [1.29, 1.82) is 5.26 Å². The zero-order valence-corrected chi connectivity index (χ0v) is 8.58. The SMILES string of the molecule is CCc1cnc(CNC(C#N)CC)o1. The van der Waals surface area contributed by atoms with E-state index >= 15 is 0 Å². The van der Waals surface area contributed by atoms with Crippen LogP contribution in [0.3, 0.4) is 0 Å². The maximum absolute atomic E-state index is 8.69. The van der Waals surface area contributed by atoms with Crippen LogP contribution in [-0.4, -0.2) is 11.0 Å². The molecule has 4 nitrogen and oxygen atoms in total. The van der Waals surface area contributed by atoms with Gasteiger partial charge in [-0.05, 0) is 6.42 Å². The van der Waals surface area contributed by atoms with Gasteiger partial charge in [0, 0.05) is 6.42 Å². The highest BCUT2D eigenvalue weighted by Crippen LogP contribution is 2.04. The van der Waals surface area contributed by atoms with Crippen LogP contribution in [-0.2, 0) is 13.0 Å². The Morgan fingerprint density at radius 1 is 1.64 bits per heavy atom. The second-order valence-electron chi connectivity index (χ2n) is 3.04. The summed E-state index contributed by atoms with van der Waals surface area (Å²) >= 11 is 0. The number of rotatable bonds is 5. The minimum Gasteiger partial charge on any atom is -0.444 e. The molecule has 0 aromatic carbocycles. The molecule has 0 radical (unpaired) electrons. The molecule has 1 heterocycles. The molecule has 0 amide bonds. The molecule has 1 atom stereocenters. The number of hydrogen-bond donors (Lipinski definition) is 1. The molecule has 1 aromatic heterocycles. The van der Waals surface area contributed by atoms with Crippen molar-refractivity contribution in [3.8, 4) is 6.07 Å². The number of aryl methyl sites for hydroxylation is 1. The Hall–Kier alpha value is -1.34. The van der Waals surface area contributed by atoms with Crippen molar-refractivity contribution in [2.45, 2.75) is 39.3 Å². The lowest BCUT2D eigenvalue weighted by molar-refractivity contribution is 0.428. The number of nitriles is 1. The van der Waals surface area contributed by atoms with Crippen LogP contribution in [0.4, 0.5) is 0 Å². The van der Waals surface area contributed by atoms with Gasteiger partial charge in [0.15, 0.2) is 0 Å². The van der Waals surface area contributed by atoms with E-state index in [-0.39, 0.29) is 6.04 Å². The highest BCUT2D eigenvalue weighted by Gasteiger charge is 2.06. The third-order valence-corrected chi connectivity index (χ3v) is 2.01. The van der Waals surface area contributed by atoms with Crippen molar-refractivity contribution < 1.29 is 4.42 Å². The lowest BCUT2D eigenvalue weighted by Gasteiger charge is -2.05. The normalized spacial score (nSPS) is 12.4. The second kappa shape index (κ2) is 5.40. The van der Waals surface area contributed by atoms with Crippen LogP contribution in [0.2, 0.25) is 0 Å². The van der Waals surface area contributed by atoms with E-state index in [9.17, 15) is 0 Å². The van der Waals surface area contributed by atoms with Gasteiger partial charge in [-0.1, -0.05) is 13.8 Å². The van der Waals surface area contributed by atoms with E-state index < -0.39 is 0 Å². The summed E-state index contributed by atoms with van der Waals surface area (Å²) in [5, 5.41) is 11.7. The fraction of sp³-hybridized carbons (Fsp3) is 0.600. The van der Waals surface area contributed by atoms with Crippen molar-refractivity contribution in [1.82, 2.24) is 10.3 Å². The van der Waals surface area contributed by atoms with Gasteiger partial charge in [-0.3, -0.25) is 5.32 Å². The maximum atomic E-state index is 8.69. The number of nitrogens with zero attached hydrogens (tertiary/aromatic N) is 2. The Bertz CT molecular complexity index is 313. The van der Waals surface area contributed by atoms with Gasteiger partial charge in [-0.15, -0.1) is 0 Å². The van der Waals surface area contributed by atoms with E-state index in [0.29, 0.717) is 12.4 Å². The molecule has 0 aliphatic rings. The largest absolute Gasteiger partial charge is 0.444 e. The number of aromatic nitrogens is 1. The monoisotopic (exact) mass is 193 g/mol. The topological polar surface area (TPSA) is 61.9 Å². The van der Waals surface area contributed by atoms with Crippen LogP contribution in [0.1, 0.15) is 31.9 Å². The summed E-state index contributed by atoms with van der Waals surface area (Å²) in [5.74, 6) is 1.53. The van der Waals surface area contributed by atoms with Crippen molar-refractivity contribution >= 4 is 0 Å². The minimum absolute atomic E-state index is 0.119. The molecule has 76 valence electrons. The molecule has 1 rings (SSSR count). The molecule has 0 saturated heterocycles. The van der Waals surface area contributed by atoms with Gasteiger partial charge < -0.3 is 4.42 Å². The third-order valence-electron chi connectivity index (χ3n) is 2.01. The molecule has 0 aliphatic carbocycles. The smallest absolute Gasteiger partial charge is 0.208 e. The Morgan fingerprint density at radius 3 is 2.93 bits per heavy atom. The summed E-state index contributed by atoms with van der Waals surface area (Å²) in [6.07, 6.45) is 3.37. The first-order chi connectivity index (χ1) is 6.80. The van der Waals surface area contributed by atoms with Gasteiger partial charge in [0.05, 0.1) is 24.9 Å². The molecule has 14 heavy (non-hydrogen) atoms. The van der Waals surface area contributed by atoms with E-state index in [1.165, 1.54) is 0 Å². The van der Waals surface area contributed by atoms with Crippen LogP contribution >= 0.6 is 0 Å². The molecule has 4 heteroatoms. The molecule has 0 fully saturated rings. The average molecular weight is 193 g/mol. The van der Waals surface area contributed by atoms with E-state index in [1.54, 1.807) is 6.20 Å². The Morgan fingerprint density at radius 2 is 2.43 bits per heavy atom. The van der Waals surface area contributed by atoms with Crippen LogP contribution in [0.15, 0.2) is 10.6 Å². The highest BCUT2D eigenvalue weighted by atomic mass is 16.4. The summed E-state index contributed by atoms with van der Waals surface area (Å²) < 4.78 is 5.39. The van der Waals surface area contributed by atoms with Crippen molar-refractivity contribution in [3.05, 3.63) is 17.8 Å². The van der Waals surface area contributed by atoms with Crippen molar-refractivity contribution in [3.63, 3.8) is 0 Å². The Kier molecular flexibility index (Phi) is 4.14. The fourth-order valence-electron chi connectivity index (χ4n) is 1.08. The third kappa shape index (κ3) is 2.86. The van der Waals surface area contributed by atoms with E-state index in [2.05, 4.69) is 16.4 Å². The number of oxazole rings is 1. The molecule has 1 N–H and O–H groups in total. The van der Waals surface area contributed by atoms with E-state index in [0.717, 1.165) is 18.6 Å². The van der Waals surface area contributed by atoms with Gasteiger partial charge in [0.2, 0.25) is 5.89 Å². The van der Waals surface area contributed by atoms with Crippen LogP contribution < -0.4 is 5.32 Å². The number of nitrogens with one attached hydrogen (secondary N) is 1. The predicted molar refractivity (Wildman–Crippen MR) is 52.4 cm³/mol. The van der Waals surface area contributed by atoms with Gasteiger partial charge >= 0.3 is 0 Å². The molecule has 1 aromatic rings. The summed E-state index contributed by atoms with van der Waals surface area (Å²) in [5.41, 5.74) is 0. The zero-order valence-electron chi connectivity index (χ0n) is 8.58. The highest BCUT2D eigenvalue weighted by molar-refractivity contribution is 4.95. The van der Waals surface area contributed by atoms with Crippen LogP contribution in [0.25, 0.3) is 0 Å². The molecule has 1 unspecified atom stereocenters. The first kappa shape index (κ1) is 10.7. The molecule has 0 bridgehead atoms. The quantitative estimate of drug-likeness (QED) is 0.772. The van der Waals surface area contributed by atoms with Gasteiger partial charge in [0.25, 0.3) is 0 Å². The summed E-state index contributed by atoms with van der Waals surface area (Å²) in [7, 11) is 0. The molecular formula is C10H15N3O. The summed E-state index contributed by atoms with van der Waals surface area (Å²) in [6, 6.07) is 2.04. The minimum atomic E-state index is -0.119. The lowest BCUT2D eigenvalue weighted by atomic mass is 10.2. The Balaban J connectivity index is 2.41. The standard InChI is InChI=1S/C10H15N3O/c1-3-8(5-11)12-7-10-13-6-9(4-2)14-10/h6,8,12H,3-4,7H2,1-2H3. The first-order valence-corrected chi connectivity index (χ1v) is 4.86. The van der Waals surface area contributed by atoms with Crippen LogP contribution in [0, 0.1) is 11.3 Å². The summed E-state index contributed by atoms with van der Waals surface area (Å²) in [4.78, 5) is 4.09. The van der Waals surface area contributed by atoms with Gasteiger partial charge in [-0.25, -0.2) is 4.98 Å². The molecular weight excluding hydrogens is 178 g/mol. The molecule has 0 aliphatic heterocycles. The number of hydrogen-bond acceptors (Lipinski definition) is 4. The lowest BCUT2D eigenvalue weighted by Crippen LogP contribution is -2.26. The Labute approximate surface area is 83.9 Å². The first-order valence-electron chi connectivity index (χ1n) is 4.86. The van der Waals surface area contributed by atoms with Crippen molar-refractivity contribution in [2.75, 3.05) is 0 Å². The predicted octanol–water partition coefficient (Wildman–Crippen LogP) is 1.63. The molecule has 0 spiro atoms. The van der Waals surface area contributed by atoms with E-state index in [1.807, 2.05) is 13.8 Å².